The average molecular weight is 254 g/mol. The quantitative estimate of drug-likeness (QED) is 0.910. The third-order valence-corrected chi connectivity index (χ3v) is 2.61. The molecule has 5 heteroatoms. The number of nitrogens with zero attached hydrogens (tertiary/aromatic N) is 2. The minimum atomic E-state index is -1.02. The lowest BCUT2D eigenvalue weighted by molar-refractivity contribution is 0.0695. The normalized spacial score (nSPS) is 9.68. The van der Waals surface area contributed by atoms with E-state index in [9.17, 15) is 4.79 Å². The Balaban J connectivity index is 2.42. The molecule has 1 aromatic heterocycles. The summed E-state index contributed by atoms with van der Waals surface area (Å²) in [5, 5.41) is 18.0. The molecule has 5 nitrogen and oxygen atoms in total. The van der Waals surface area contributed by atoms with Gasteiger partial charge in [0.05, 0.1) is 5.56 Å². The first kappa shape index (κ1) is 12.6. The summed E-state index contributed by atoms with van der Waals surface area (Å²) in [4.78, 5) is 14.9. The molecule has 0 bridgehead atoms. The molecule has 94 valence electrons. The fraction of sp³-hybridized carbons (Fsp3) is 0.0714. The molecule has 0 aliphatic heterocycles. The van der Waals surface area contributed by atoms with E-state index in [-0.39, 0.29) is 11.3 Å². The monoisotopic (exact) mass is 254 g/mol. The molecule has 19 heavy (non-hydrogen) atoms. The van der Waals surface area contributed by atoms with Gasteiger partial charge in [0.1, 0.15) is 11.8 Å². The van der Waals surface area contributed by atoms with E-state index >= 15 is 0 Å². The molecule has 2 rings (SSSR count). The number of pyridine rings is 1. The number of nitriles is 1. The van der Waals surface area contributed by atoms with Crippen LogP contribution in [0, 0.1) is 18.3 Å². The van der Waals surface area contributed by atoms with Gasteiger partial charge in [0.15, 0.2) is 11.4 Å². The molecule has 1 N–H and O–H groups in total. The van der Waals surface area contributed by atoms with Gasteiger partial charge >= 0.3 is 5.97 Å². The molecule has 1 heterocycles. The summed E-state index contributed by atoms with van der Waals surface area (Å²) in [7, 11) is 0. The molecule has 0 saturated heterocycles. The molecule has 0 aliphatic carbocycles. The zero-order valence-corrected chi connectivity index (χ0v) is 10.1. The van der Waals surface area contributed by atoms with Gasteiger partial charge in [-0.3, -0.25) is 0 Å². The molecule has 2 aromatic rings. The Labute approximate surface area is 109 Å². The van der Waals surface area contributed by atoms with Crippen molar-refractivity contribution in [2.75, 3.05) is 0 Å². The van der Waals surface area contributed by atoms with Crippen LogP contribution in [-0.4, -0.2) is 16.1 Å². The van der Waals surface area contributed by atoms with Gasteiger partial charge in [-0.1, -0.05) is 6.07 Å². The molecule has 1 aromatic carbocycles. The van der Waals surface area contributed by atoms with Crippen LogP contribution in [0.25, 0.3) is 0 Å². The Morgan fingerprint density at radius 3 is 2.74 bits per heavy atom. The summed E-state index contributed by atoms with van der Waals surface area (Å²) in [6.45, 7) is 1.65. The lowest BCUT2D eigenvalue weighted by Gasteiger charge is -2.10. The van der Waals surface area contributed by atoms with Crippen molar-refractivity contribution in [3.8, 4) is 17.6 Å². The van der Waals surface area contributed by atoms with E-state index in [1.54, 1.807) is 31.2 Å². The van der Waals surface area contributed by atoms with E-state index in [0.29, 0.717) is 17.1 Å². The van der Waals surface area contributed by atoms with Crippen LogP contribution >= 0.6 is 0 Å². The maximum atomic E-state index is 11.0. The molecule has 0 spiro atoms. The maximum Gasteiger partial charge on any atom is 0.336 e. The van der Waals surface area contributed by atoms with Crippen molar-refractivity contribution in [1.82, 2.24) is 4.98 Å². The van der Waals surface area contributed by atoms with Crippen LogP contribution in [0.15, 0.2) is 36.5 Å². The second-order valence-corrected chi connectivity index (χ2v) is 3.80. The number of carbonyl (C=O) groups is 1. The molecule has 0 amide bonds. The Hall–Kier alpha value is -2.87. The summed E-state index contributed by atoms with van der Waals surface area (Å²) < 4.78 is 5.57. The summed E-state index contributed by atoms with van der Waals surface area (Å²) in [6, 6.07) is 9.91. The smallest absolute Gasteiger partial charge is 0.336 e. The second-order valence-electron chi connectivity index (χ2n) is 3.80. The fourth-order valence-electron chi connectivity index (χ4n) is 1.63. The summed E-state index contributed by atoms with van der Waals surface area (Å²) in [5.74, 6) is -0.324. The third-order valence-electron chi connectivity index (χ3n) is 2.61. The first-order valence-corrected chi connectivity index (χ1v) is 5.49. The highest BCUT2D eigenvalue weighted by Gasteiger charge is 2.13. The van der Waals surface area contributed by atoms with Gasteiger partial charge in [-0.25, -0.2) is 9.78 Å². The number of hydrogen-bond donors (Lipinski definition) is 1. The van der Waals surface area contributed by atoms with Crippen molar-refractivity contribution in [3.05, 3.63) is 53.3 Å². The first-order valence-electron chi connectivity index (χ1n) is 5.49. The standard InChI is InChI=1S/C14H10N2O3/c1-9-10(14(17)18)4-2-5-12(9)19-13-6-3-7-16-11(13)8-15/h2-7H,1H3,(H,17,18). The third kappa shape index (κ3) is 2.53. The van der Waals surface area contributed by atoms with Gasteiger partial charge in [-0.05, 0) is 31.2 Å². The molecule has 0 unspecified atom stereocenters. The topological polar surface area (TPSA) is 83.2 Å². The number of carboxylic acids is 1. The molecule has 0 atom stereocenters. The second kappa shape index (κ2) is 5.19. The molecular formula is C14H10N2O3. The van der Waals surface area contributed by atoms with Crippen LogP contribution in [0.4, 0.5) is 0 Å². The largest absolute Gasteiger partial charge is 0.478 e. The summed E-state index contributed by atoms with van der Waals surface area (Å²) in [5.41, 5.74) is 0.824. The van der Waals surface area contributed by atoms with Crippen LogP contribution in [0.2, 0.25) is 0 Å². The van der Waals surface area contributed by atoms with Crippen LogP contribution in [0.5, 0.6) is 11.5 Å². The minimum Gasteiger partial charge on any atom is -0.478 e. The number of aromatic carboxylic acids is 1. The lowest BCUT2D eigenvalue weighted by Crippen LogP contribution is -2.01. The Morgan fingerprint density at radius 1 is 1.32 bits per heavy atom. The van der Waals surface area contributed by atoms with E-state index in [4.69, 9.17) is 15.1 Å². The highest BCUT2D eigenvalue weighted by molar-refractivity contribution is 5.90. The van der Waals surface area contributed by atoms with Crippen molar-refractivity contribution in [1.29, 1.82) is 5.26 Å². The van der Waals surface area contributed by atoms with E-state index < -0.39 is 5.97 Å². The number of aromatic nitrogens is 1. The zero-order valence-electron chi connectivity index (χ0n) is 10.1. The lowest BCUT2D eigenvalue weighted by atomic mass is 10.1. The Morgan fingerprint density at radius 2 is 2.05 bits per heavy atom. The highest BCUT2D eigenvalue weighted by Crippen LogP contribution is 2.28. The van der Waals surface area contributed by atoms with E-state index in [1.807, 2.05) is 6.07 Å². The molecular weight excluding hydrogens is 244 g/mol. The predicted octanol–water partition coefficient (Wildman–Crippen LogP) is 2.75. The highest BCUT2D eigenvalue weighted by atomic mass is 16.5. The average Bonchev–Trinajstić information content (AvgIpc) is 2.41. The summed E-state index contributed by atoms with van der Waals surface area (Å²) in [6.07, 6.45) is 1.49. The first-order chi connectivity index (χ1) is 9.13. The Kier molecular flexibility index (Phi) is 3.44. The SMILES string of the molecule is Cc1c(Oc2cccnc2C#N)cccc1C(=O)O. The fourth-order valence-corrected chi connectivity index (χ4v) is 1.63. The van der Waals surface area contributed by atoms with Crippen molar-refractivity contribution in [3.63, 3.8) is 0 Å². The number of carboxylic acid groups (broad SMARTS) is 1. The molecule has 0 aliphatic rings. The van der Waals surface area contributed by atoms with Crippen LogP contribution in [0.1, 0.15) is 21.6 Å². The van der Waals surface area contributed by atoms with Crippen LogP contribution in [0.3, 0.4) is 0 Å². The van der Waals surface area contributed by atoms with Crippen molar-refractivity contribution < 1.29 is 14.6 Å². The minimum absolute atomic E-state index is 0.155. The van der Waals surface area contributed by atoms with Gasteiger partial charge in [-0.15, -0.1) is 0 Å². The summed E-state index contributed by atoms with van der Waals surface area (Å²) >= 11 is 0. The van der Waals surface area contributed by atoms with Gasteiger partial charge < -0.3 is 9.84 Å². The molecule has 0 saturated carbocycles. The van der Waals surface area contributed by atoms with Gasteiger partial charge in [0.2, 0.25) is 0 Å². The Bertz CT molecular complexity index is 675. The van der Waals surface area contributed by atoms with Gasteiger partial charge in [0.25, 0.3) is 0 Å². The van der Waals surface area contributed by atoms with E-state index in [1.165, 1.54) is 12.3 Å². The van der Waals surface area contributed by atoms with Crippen LogP contribution < -0.4 is 4.74 Å². The van der Waals surface area contributed by atoms with Crippen LogP contribution in [-0.2, 0) is 0 Å². The maximum absolute atomic E-state index is 11.0. The van der Waals surface area contributed by atoms with Crippen molar-refractivity contribution in [2.24, 2.45) is 0 Å². The zero-order chi connectivity index (χ0) is 13.8. The predicted molar refractivity (Wildman–Crippen MR) is 67.2 cm³/mol. The number of hydrogen-bond acceptors (Lipinski definition) is 4. The number of benzene rings is 1. The van der Waals surface area contributed by atoms with Crippen molar-refractivity contribution >= 4 is 5.97 Å². The number of ether oxygens (including phenoxy) is 1. The molecule has 0 fully saturated rings. The van der Waals surface area contributed by atoms with E-state index in [0.717, 1.165) is 0 Å². The van der Waals surface area contributed by atoms with Crippen molar-refractivity contribution in [2.45, 2.75) is 6.92 Å². The van der Waals surface area contributed by atoms with Gasteiger partial charge in [0, 0.05) is 11.8 Å². The molecule has 0 radical (unpaired) electrons. The number of rotatable bonds is 3. The van der Waals surface area contributed by atoms with E-state index in [2.05, 4.69) is 4.98 Å². The van der Waals surface area contributed by atoms with Gasteiger partial charge in [-0.2, -0.15) is 5.26 Å².